The maximum Gasteiger partial charge on any atom is 0.307 e. The molecule has 16 heavy (non-hydrogen) atoms. The Morgan fingerprint density at radius 2 is 2.25 bits per heavy atom. The van der Waals surface area contributed by atoms with Gasteiger partial charge in [-0.25, -0.2) is 4.98 Å². The van der Waals surface area contributed by atoms with Gasteiger partial charge in [0.25, 0.3) is 0 Å². The summed E-state index contributed by atoms with van der Waals surface area (Å²) in [6.07, 6.45) is 8.56. The maximum atomic E-state index is 11.2. The molecule has 0 radical (unpaired) electrons. The molecule has 0 saturated heterocycles. The van der Waals surface area contributed by atoms with Gasteiger partial charge < -0.3 is 10.1 Å². The Morgan fingerprint density at radius 3 is 2.94 bits per heavy atom. The van der Waals surface area contributed by atoms with Crippen LogP contribution in [0.4, 0.5) is 0 Å². The standard InChI is InChI=1S/C11H16N2O2S/c14-10(15)8-4-2-1-3-5-9(8)16-11-12-6-7-13-11/h6-9H,1-5H2,(H,12,13)(H,14,15). The minimum atomic E-state index is -0.661. The number of nitrogens with one attached hydrogen (secondary N) is 1. The van der Waals surface area contributed by atoms with Gasteiger partial charge in [-0.3, -0.25) is 4.79 Å². The van der Waals surface area contributed by atoms with Crippen LogP contribution in [0.5, 0.6) is 0 Å². The molecule has 2 rings (SSSR count). The van der Waals surface area contributed by atoms with Crippen LogP contribution in [-0.2, 0) is 4.79 Å². The molecule has 0 aliphatic heterocycles. The smallest absolute Gasteiger partial charge is 0.307 e. The number of nitrogens with zero attached hydrogens (tertiary/aromatic N) is 1. The zero-order valence-corrected chi connectivity index (χ0v) is 9.87. The SMILES string of the molecule is O=C(O)C1CCCCCC1Sc1ncc[nH]1. The van der Waals surface area contributed by atoms with Gasteiger partial charge in [-0.1, -0.05) is 31.0 Å². The second kappa shape index (κ2) is 5.39. The zero-order chi connectivity index (χ0) is 11.4. The average Bonchev–Trinajstić information content (AvgIpc) is 2.63. The number of carboxylic acids is 1. The predicted molar refractivity (Wildman–Crippen MR) is 62.4 cm³/mol. The summed E-state index contributed by atoms with van der Waals surface area (Å²) >= 11 is 1.57. The van der Waals surface area contributed by atoms with Gasteiger partial charge >= 0.3 is 5.97 Å². The van der Waals surface area contributed by atoms with Gasteiger partial charge in [0.15, 0.2) is 5.16 Å². The first-order chi connectivity index (χ1) is 7.77. The minimum Gasteiger partial charge on any atom is -0.481 e. The summed E-state index contributed by atoms with van der Waals surface area (Å²) in [6.45, 7) is 0. The second-order valence-corrected chi connectivity index (χ2v) is 5.36. The maximum absolute atomic E-state index is 11.2. The molecule has 0 aromatic carbocycles. The number of carboxylic acid groups (broad SMARTS) is 1. The molecule has 1 aliphatic carbocycles. The Labute approximate surface area is 98.9 Å². The third-order valence-corrected chi connectivity index (χ3v) is 4.32. The molecule has 2 unspecified atom stereocenters. The van der Waals surface area contributed by atoms with E-state index in [1.807, 2.05) is 0 Å². The molecule has 1 aromatic rings. The number of hydrogen-bond donors (Lipinski definition) is 2. The largest absolute Gasteiger partial charge is 0.481 e. The number of hydrogen-bond acceptors (Lipinski definition) is 3. The van der Waals surface area contributed by atoms with E-state index in [1.165, 1.54) is 0 Å². The molecular weight excluding hydrogens is 224 g/mol. The van der Waals surface area contributed by atoms with Gasteiger partial charge in [-0.15, -0.1) is 0 Å². The van der Waals surface area contributed by atoms with Crippen LogP contribution in [0.1, 0.15) is 32.1 Å². The predicted octanol–water partition coefficient (Wildman–Crippen LogP) is 2.54. The Bertz CT molecular complexity index is 340. The highest BCUT2D eigenvalue weighted by atomic mass is 32.2. The number of carbonyl (C=O) groups is 1. The molecule has 0 amide bonds. The van der Waals surface area contributed by atoms with E-state index >= 15 is 0 Å². The van der Waals surface area contributed by atoms with Crippen molar-refractivity contribution in [3.63, 3.8) is 0 Å². The fourth-order valence-electron chi connectivity index (χ4n) is 2.16. The lowest BCUT2D eigenvalue weighted by Crippen LogP contribution is -2.24. The van der Waals surface area contributed by atoms with Crippen LogP contribution >= 0.6 is 11.8 Å². The number of aromatic nitrogens is 2. The number of H-pyrrole nitrogens is 1. The van der Waals surface area contributed by atoms with E-state index in [-0.39, 0.29) is 11.2 Å². The highest BCUT2D eigenvalue weighted by Gasteiger charge is 2.30. The third kappa shape index (κ3) is 2.78. The molecular formula is C11H16N2O2S. The topological polar surface area (TPSA) is 66.0 Å². The van der Waals surface area contributed by atoms with E-state index in [0.717, 1.165) is 37.3 Å². The molecule has 88 valence electrons. The van der Waals surface area contributed by atoms with Crippen molar-refractivity contribution in [2.75, 3.05) is 0 Å². The number of imidazole rings is 1. The van der Waals surface area contributed by atoms with Crippen molar-refractivity contribution in [2.24, 2.45) is 5.92 Å². The van der Waals surface area contributed by atoms with Crippen molar-refractivity contribution in [3.05, 3.63) is 12.4 Å². The van der Waals surface area contributed by atoms with Crippen LogP contribution in [0, 0.1) is 5.92 Å². The molecule has 2 atom stereocenters. The summed E-state index contributed by atoms with van der Waals surface area (Å²) in [7, 11) is 0. The van der Waals surface area contributed by atoms with Gasteiger partial charge in [-0.2, -0.15) is 0 Å². The molecule has 1 heterocycles. The Kier molecular flexibility index (Phi) is 3.88. The number of thioether (sulfide) groups is 1. The normalized spacial score (nSPS) is 26.2. The first-order valence-corrected chi connectivity index (χ1v) is 6.54. The lowest BCUT2D eigenvalue weighted by atomic mass is 10.0. The fourth-order valence-corrected chi connectivity index (χ4v) is 3.40. The van der Waals surface area contributed by atoms with Crippen molar-refractivity contribution >= 4 is 17.7 Å². The first-order valence-electron chi connectivity index (χ1n) is 5.66. The van der Waals surface area contributed by atoms with Gasteiger partial charge in [0.1, 0.15) is 0 Å². The van der Waals surface area contributed by atoms with Gasteiger partial charge in [0.05, 0.1) is 5.92 Å². The van der Waals surface area contributed by atoms with E-state index in [1.54, 1.807) is 24.2 Å². The first kappa shape index (κ1) is 11.5. The van der Waals surface area contributed by atoms with Crippen LogP contribution in [0.2, 0.25) is 0 Å². The van der Waals surface area contributed by atoms with Crippen molar-refractivity contribution in [2.45, 2.75) is 42.5 Å². The lowest BCUT2D eigenvalue weighted by molar-refractivity contribution is -0.141. The molecule has 1 aromatic heterocycles. The highest BCUT2D eigenvalue weighted by Crippen LogP contribution is 2.35. The summed E-state index contributed by atoms with van der Waals surface area (Å²) in [4.78, 5) is 18.4. The molecule has 5 heteroatoms. The van der Waals surface area contributed by atoms with Crippen LogP contribution in [-0.4, -0.2) is 26.3 Å². The van der Waals surface area contributed by atoms with Crippen molar-refractivity contribution in [3.8, 4) is 0 Å². The quantitative estimate of drug-likeness (QED) is 0.797. The highest BCUT2D eigenvalue weighted by molar-refractivity contribution is 7.99. The summed E-state index contributed by atoms with van der Waals surface area (Å²) in [6, 6.07) is 0. The monoisotopic (exact) mass is 240 g/mol. The summed E-state index contributed by atoms with van der Waals surface area (Å²) < 4.78 is 0. The van der Waals surface area contributed by atoms with Crippen LogP contribution in [0.3, 0.4) is 0 Å². The van der Waals surface area contributed by atoms with Crippen LogP contribution in [0.25, 0.3) is 0 Å². The third-order valence-electron chi connectivity index (χ3n) is 3.01. The van der Waals surface area contributed by atoms with E-state index in [2.05, 4.69) is 9.97 Å². The Morgan fingerprint density at radius 1 is 1.44 bits per heavy atom. The van der Waals surface area contributed by atoms with Gasteiger partial charge in [-0.05, 0) is 12.8 Å². The summed E-state index contributed by atoms with van der Waals surface area (Å²) in [5.41, 5.74) is 0. The summed E-state index contributed by atoms with van der Waals surface area (Å²) in [5.74, 6) is -0.886. The molecule has 0 bridgehead atoms. The summed E-state index contributed by atoms with van der Waals surface area (Å²) in [5, 5.41) is 10.2. The average molecular weight is 240 g/mol. The molecule has 1 fully saturated rings. The van der Waals surface area contributed by atoms with Crippen molar-refractivity contribution in [1.29, 1.82) is 0 Å². The van der Waals surface area contributed by atoms with E-state index < -0.39 is 5.97 Å². The Balaban J connectivity index is 2.05. The minimum absolute atomic E-state index is 0.158. The van der Waals surface area contributed by atoms with Gasteiger partial charge in [0.2, 0.25) is 0 Å². The Hall–Kier alpha value is -0.970. The fraction of sp³-hybridized carbons (Fsp3) is 0.636. The number of aliphatic carboxylic acids is 1. The lowest BCUT2D eigenvalue weighted by Gasteiger charge is -2.19. The molecule has 2 N–H and O–H groups in total. The van der Waals surface area contributed by atoms with Crippen LogP contribution in [0.15, 0.2) is 17.6 Å². The van der Waals surface area contributed by atoms with E-state index in [4.69, 9.17) is 0 Å². The number of rotatable bonds is 3. The van der Waals surface area contributed by atoms with Crippen molar-refractivity contribution in [1.82, 2.24) is 9.97 Å². The molecule has 0 spiro atoms. The van der Waals surface area contributed by atoms with E-state index in [0.29, 0.717) is 0 Å². The number of aromatic amines is 1. The molecule has 1 saturated carbocycles. The zero-order valence-electron chi connectivity index (χ0n) is 9.06. The van der Waals surface area contributed by atoms with Gasteiger partial charge in [0, 0.05) is 17.6 Å². The van der Waals surface area contributed by atoms with Crippen molar-refractivity contribution < 1.29 is 9.90 Å². The molecule has 1 aliphatic rings. The van der Waals surface area contributed by atoms with Crippen LogP contribution < -0.4 is 0 Å². The second-order valence-electron chi connectivity index (χ2n) is 4.13. The van der Waals surface area contributed by atoms with E-state index in [9.17, 15) is 9.90 Å². The molecule has 4 nitrogen and oxygen atoms in total.